The summed E-state index contributed by atoms with van der Waals surface area (Å²) in [5, 5.41) is 9.68. The van der Waals surface area contributed by atoms with Gasteiger partial charge in [0.25, 0.3) is 5.91 Å². The number of carbonyl (C=O) groups excluding carboxylic acids is 1. The Morgan fingerprint density at radius 2 is 2.11 bits per heavy atom. The maximum absolute atomic E-state index is 11.6. The average molecular weight is 457 g/mol. The highest BCUT2D eigenvalue weighted by Gasteiger charge is 2.18. The van der Waals surface area contributed by atoms with Crippen molar-refractivity contribution in [3.8, 4) is 17.0 Å². The van der Waals surface area contributed by atoms with Gasteiger partial charge in [0.15, 0.2) is 6.61 Å². The molecule has 0 spiro atoms. The molecule has 4 rings (SSSR count). The predicted molar refractivity (Wildman–Crippen MR) is 115 cm³/mol. The van der Waals surface area contributed by atoms with Crippen LogP contribution in [0.15, 0.2) is 62.4 Å². The molecule has 1 N–H and O–H groups in total. The lowest BCUT2D eigenvalue weighted by Gasteiger charge is -2.18. The molecule has 1 aliphatic heterocycles. The molecule has 0 aliphatic carbocycles. The van der Waals surface area contributed by atoms with Crippen LogP contribution in [0.2, 0.25) is 0 Å². The Bertz CT molecular complexity index is 1160. The first-order chi connectivity index (χ1) is 13.6. The lowest BCUT2D eigenvalue weighted by Crippen LogP contribution is -2.25. The Balaban J connectivity index is 1.82. The largest absolute Gasteiger partial charge is 0.482 e. The molecule has 0 fully saturated rings. The first kappa shape index (κ1) is 18.6. The number of nitrogens with one attached hydrogen (secondary N) is 1. The fourth-order valence-corrected chi connectivity index (χ4v) is 4.32. The number of rotatable bonds is 3. The van der Waals surface area contributed by atoms with Crippen molar-refractivity contribution >= 4 is 44.6 Å². The third-order valence-corrected chi connectivity index (χ3v) is 5.90. The molecular formula is C20H17BrN4O2S. The van der Waals surface area contributed by atoms with Gasteiger partial charge in [0.1, 0.15) is 5.75 Å². The van der Waals surface area contributed by atoms with E-state index in [4.69, 9.17) is 9.84 Å². The Hall–Kier alpha value is -2.71. The van der Waals surface area contributed by atoms with Gasteiger partial charge in [-0.15, -0.1) is 11.3 Å². The van der Waals surface area contributed by atoms with E-state index >= 15 is 0 Å². The zero-order chi connectivity index (χ0) is 19.7. The minimum atomic E-state index is -0.158. The number of fused-ring (bicyclic) bond motifs is 1. The normalized spacial score (nSPS) is 14.5. The molecule has 0 saturated heterocycles. The van der Waals surface area contributed by atoms with E-state index in [0.717, 1.165) is 31.8 Å². The number of thiazole rings is 1. The number of carbonyl (C=O) groups is 1. The van der Waals surface area contributed by atoms with E-state index in [1.54, 1.807) is 7.05 Å². The number of anilines is 1. The fourth-order valence-electron chi connectivity index (χ4n) is 2.95. The highest BCUT2D eigenvalue weighted by Crippen LogP contribution is 2.33. The van der Waals surface area contributed by atoms with Gasteiger partial charge in [-0.05, 0) is 31.2 Å². The van der Waals surface area contributed by atoms with Crippen LogP contribution in [0.1, 0.15) is 12.5 Å². The van der Waals surface area contributed by atoms with Gasteiger partial charge < -0.3 is 10.1 Å². The average Bonchev–Trinajstić information content (AvgIpc) is 3.10. The number of amides is 1. The number of ether oxygens (including phenoxy) is 1. The summed E-state index contributed by atoms with van der Waals surface area (Å²) >= 11 is 5.09. The molecule has 2 heterocycles. The summed E-state index contributed by atoms with van der Waals surface area (Å²) in [5.41, 5.74) is 4.34. The molecule has 0 unspecified atom stereocenters. The minimum absolute atomic E-state index is 0.0408. The smallest absolute Gasteiger partial charge is 0.262 e. The molecule has 0 atom stereocenters. The molecule has 0 saturated carbocycles. The summed E-state index contributed by atoms with van der Waals surface area (Å²) in [7, 11) is 1.75. The van der Waals surface area contributed by atoms with Crippen LogP contribution in [0, 0.1) is 0 Å². The van der Waals surface area contributed by atoms with Crippen molar-refractivity contribution in [3.63, 3.8) is 0 Å². The highest BCUT2D eigenvalue weighted by atomic mass is 79.9. The van der Waals surface area contributed by atoms with Gasteiger partial charge in [-0.25, -0.2) is 4.68 Å². The molecule has 1 amide bonds. The third-order valence-electron chi connectivity index (χ3n) is 4.30. The Morgan fingerprint density at radius 1 is 1.29 bits per heavy atom. The second-order valence-corrected chi connectivity index (χ2v) is 7.84. The number of hydrogen-bond acceptors (Lipinski definition) is 5. The summed E-state index contributed by atoms with van der Waals surface area (Å²) in [4.78, 5) is 16.8. The van der Waals surface area contributed by atoms with Gasteiger partial charge in [0, 0.05) is 28.0 Å². The van der Waals surface area contributed by atoms with Crippen LogP contribution in [0.4, 0.5) is 5.69 Å². The summed E-state index contributed by atoms with van der Waals surface area (Å²) in [6, 6.07) is 13.7. The van der Waals surface area contributed by atoms with Crippen molar-refractivity contribution in [2.24, 2.45) is 10.1 Å². The van der Waals surface area contributed by atoms with Crippen LogP contribution < -0.4 is 14.9 Å². The lowest BCUT2D eigenvalue weighted by atomic mass is 10.1. The lowest BCUT2D eigenvalue weighted by molar-refractivity contribution is -0.118. The summed E-state index contributed by atoms with van der Waals surface area (Å²) in [5.74, 6) is 0.508. The molecule has 0 bridgehead atoms. The maximum Gasteiger partial charge on any atom is 0.262 e. The Kier molecular flexibility index (Phi) is 5.15. The van der Waals surface area contributed by atoms with Crippen molar-refractivity contribution in [2.75, 3.05) is 19.0 Å². The molecule has 8 heteroatoms. The molecule has 3 aromatic rings. The molecule has 1 aliphatic rings. The summed E-state index contributed by atoms with van der Waals surface area (Å²) < 4.78 is 8.26. The second kappa shape index (κ2) is 7.73. The van der Waals surface area contributed by atoms with E-state index in [2.05, 4.69) is 26.2 Å². The van der Waals surface area contributed by atoms with Gasteiger partial charge in [-0.1, -0.05) is 34.1 Å². The molecule has 0 radical (unpaired) electrons. The highest BCUT2D eigenvalue weighted by molar-refractivity contribution is 9.10. The minimum Gasteiger partial charge on any atom is -0.482 e. The van der Waals surface area contributed by atoms with Crippen molar-refractivity contribution in [1.82, 2.24) is 4.68 Å². The predicted octanol–water partition coefficient (Wildman–Crippen LogP) is 4.11. The topological polar surface area (TPSA) is 68.0 Å². The van der Waals surface area contributed by atoms with Crippen molar-refractivity contribution in [2.45, 2.75) is 6.92 Å². The van der Waals surface area contributed by atoms with Crippen LogP contribution in [0.25, 0.3) is 11.3 Å². The SMILES string of the molecule is CN=c1scc(-c2ccc3c(c2)NC(=O)CO3)n1N=C(C)c1ccccc1Br. The van der Waals surface area contributed by atoms with E-state index in [0.29, 0.717) is 11.4 Å². The molecule has 28 heavy (non-hydrogen) atoms. The zero-order valence-electron chi connectivity index (χ0n) is 15.3. The Morgan fingerprint density at radius 3 is 2.89 bits per heavy atom. The van der Waals surface area contributed by atoms with Crippen molar-refractivity contribution in [1.29, 1.82) is 0 Å². The third kappa shape index (κ3) is 3.53. The van der Waals surface area contributed by atoms with Crippen LogP contribution in [0.3, 0.4) is 0 Å². The summed E-state index contributed by atoms with van der Waals surface area (Å²) in [6.07, 6.45) is 0. The number of hydrogen-bond donors (Lipinski definition) is 1. The van der Waals surface area contributed by atoms with Gasteiger partial charge in [-0.3, -0.25) is 9.79 Å². The van der Waals surface area contributed by atoms with Gasteiger partial charge >= 0.3 is 0 Å². The number of halogens is 1. The van der Waals surface area contributed by atoms with Crippen LogP contribution in [-0.2, 0) is 4.79 Å². The van der Waals surface area contributed by atoms with E-state index in [9.17, 15) is 4.79 Å². The second-order valence-electron chi connectivity index (χ2n) is 6.15. The summed E-state index contributed by atoms with van der Waals surface area (Å²) in [6.45, 7) is 2.01. The van der Waals surface area contributed by atoms with E-state index in [1.165, 1.54) is 11.3 Å². The molecule has 1 aromatic heterocycles. The maximum atomic E-state index is 11.6. The number of nitrogens with zero attached hydrogens (tertiary/aromatic N) is 3. The van der Waals surface area contributed by atoms with Crippen molar-refractivity contribution in [3.05, 3.63) is 62.7 Å². The first-order valence-corrected chi connectivity index (χ1v) is 10.2. The molecular weight excluding hydrogens is 440 g/mol. The zero-order valence-corrected chi connectivity index (χ0v) is 17.7. The monoisotopic (exact) mass is 456 g/mol. The number of aromatic nitrogens is 1. The fraction of sp³-hybridized carbons (Fsp3) is 0.150. The first-order valence-electron chi connectivity index (χ1n) is 8.57. The molecule has 142 valence electrons. The van der Waals surface area contributed by atoms with E-state index in [-0.39, 0.29) is 12.5 Å². The van der Waals surface area contributed by atoms with Gasteiger partial charge in [-0.2, -0.15) is 5.10 Å². The van der Waals surface area contributed by atoms with Crippen LogP contribution in [-0.4, -0.2) is 29.9 Å². The standard InChI is InChI=1S/C20H17BrN4O2S/c1-12(14-5-3-4-6-15(14)21)24-25-17(11-28-20(25)22-2)13-7-8-18-16(9-13)23-19(26)10-27-18/h3-9,11H,10H2,1-2H3,(H,23,26). The van der Waals surface area contributed by atoms with E-state index < -0.39 is 0 Å². The van der Waals surface area contributed by atoms with Crippen LogP contribution in [0.5, 0.6) is 5.75 Å². The van der Waals surface area contributed by atoms with Crippen LogP contribution >= 0.6 is 27.3 Å². The Labute approximate surface area is 174 Å². The van der Waals surface area contributed by atoms with Crippen molar-refractivity contribution < 1.29 is 9.53 Å². The quantitative estimate of drug-likeness (QED) is 0.602. The van der Waals surface area contributed by atoms with Gasteiger partial charge in [0.05, 0.1) is 17.1 Å². The number of benzene rings is 2. The van der Waals surface area contributed by atoms with E-state index in [1.807, 2.05) is 59.4 Å². The molecule has 2 aromatic carbocycles. The molecule has 6 nitrogen and oxygen atoms in total. The van der Waals surface area contributed by atoms with Gasteiger partial charge in [0.2, 0.25) is 4.80 Å².